The van der Waals surface area contributed by atoms with E-state index in [1.54, 1.807) is 0 Å². The molecule has 0 bridgehead atoms. The maximum Gasteiger partial charge on any atom is 0.0619 e. The molecule has 0 fully saturated rings. The van der Waals surface area contributed by atoms with Crippen molar-refractivity contribution in [3.05, 3.63) is 176 Å². The molecule has 0 amide bonds. The van der Waals surface area contributed by atoms with E-state index in [-0.39, 0.29) is 0 Å². The molecule has 49 heavy (non-hydrogen) atoms. The Kier molecular flexibility index (Phi) is 5.45. The van der Waals surface area contributed by atoms with Gasteiger partial charge in [-0.25, -0.2) is 0 Å². The lowest BCUT2D eigenvalue weighted by Gasteiger charge is -2.18. The minimum absolute atomic E-state index is 1.16. The molecule has 11 rings (SSSR count). The summed E-state index contributed by atoms with van der Waals surface area (Å²) in [7, 11) is 0. The topological polar surface area (TPSA) is 4.93 Å². The molecule has 11 aromatic rings. The normalized spacial score (nSPS) is 12.1. The molecule has 0 radical (unpaired) electrons. The molecule has 10 aromatic carbocycles. The van der Waals surface area contributed by atoms with Crippen molar-refractivity contribution in [3.63, 3.8) is 0 Å². The Morgan fingerprint density at radius 1 is 0.306 bits per heavy atom. The summed E-state index contributed by atoms with van der Waals surface area (Å²) in [5.74, 6) is 0. The van der Waals surface area contributed by atoms with E-state index in [0.29, 0.717) is 0 Å². The molecule has 0 N–H and O–H groups in total. The molecule has 0 saturated heterocycles. The number of nitrogens with zero attached hydrogens (tertiary/aromatic N) is 1. The van der Waals surface area contributed by atoms with Crippen LogP contribution in [0.15, 0.2) is 176 Å². The highest BCUT2D eigenvalue weighted by Gasteiger charge is 2.19. The van der Waals surface area contributed by atoms with Gasteiger partial charge in [0.1, 0.15) is 0 Å². The Morgan fingerprint density at radius 2 is 0.837 bits per heavy atom. The van der Waals surface area contributed by atoms with E-state index in [1.165, 1.54) is 97.6 Å². The van der Waals surface area contributed by atoms with Crippen molar-refractivity contribution in [2.75, 3.05) is 0 Å². The van der Waals surface area contributed by atoms with Gasteiger partial charge in [-0.15, -0.1) is 0 Å². The quantitative estimate of drug-likeness (QED) is 0.134. The minimum atomic E-state index is 1.16. The van der Waals surface area contributed by atoms with Crippen LogP contribution >= 0.6 is 0 Å². The molecule has 0 aliphatic rings. The predicted molar refractivity (Wildman–Crippen MR) is 211 cm³/mol. The summed E-state index contributed by atoms with van der Waals surface area (Å²) in [6, 6.07) is 65.0. The Labute approximate surface area is 282 Å². The second-order valence-corrected chi connectivity index (χ2v) is 13.2. The van der Waals surface area contributed by atoms with Gasteiger partial charge in [-0.1, -0.05) is 152 Å². The summed E-state index contributed by atoms with van der Waals surface area (Å²) in [6.45, 7) is 0. The fraction of sp³-hybridized carbons (Fsp3) is 0. The van der Waals surface area contributed by atoms with E-state index in [1.807, 2.05) is 0 Å². The van der Waals surface area contributed by atoms with E-state index >= 15 is 0 Å². The zero-order chi connectivity index (χ0) is 32.1. The summed E-state index contributed by atoms with van der Waals surface area (Å²) < 4.78 is 2.48. The van der Waals surface area contributed by atoms with Gasteiger partial charge in [-0.05, 0) is 94.6 Å². The minimum Gasteiger partial charge on any atom is -0.309 e. The number of benzene rings is 10. The average molecular weight is 620 g/mol. The molecule has 1 heteroatoms. The first-order chi connectivity index (χ1) is 24.3. The summed E-state index contributed by atoms with van der Waals surface area (Å²) >= 11 is 0. The molecule has 1 aromatic heterocycles. The van der Waals surface area contributed by atoms with Crippen molar-refractivity contribution in [2.45, 2.75) is 0 Å². The number of hydrogen-bond donors (Lipinski definition) is 0. The first kappa shape index (κ1) is 26.6. The zero-order valence-electron chi connectivity index (χ0n) is 26.7. The lowest BCUT2D eigenvalue weighted by Crippen LogP contribution is -1.95. The van der Waals surface area contributed by atoms with Crippen molar-refractivity contribution in [1.29, 1.82) is 0 Å². The van der Waals surface area contributed by atoms with Crippen molar-refractivity contribution in [3.8, 4) is 16.8 Å². The Bertz CT molecular complexity index is 3140. The molecule has 0 aliphatic heterocycles. The van der Waals surface area contributed by atoms with Crippen LogP contribution in [0, 0.1) is 0 Å². The third-order valence-corrected chi connectivity index (χ3v) is 10.7. The molecule has 0 atom stereocenters. The summed E-state index contributed by atoms with van der Waals surface area (Å²) in [5.41, 5.74) is 6.16. The highest BCUT2D eigenvalue weighted by atomic mass is 15.0. The van der Waals surface area contributed by atoms with Gasteiger partial charge in [0.2, 0.25) is 0 Å². The van der Waals surface area contributed by atoms with E-state index in [2.05, 4.69) is 180 Å². The predicted octanol–water partition coefficient (Wildman–Crippen LogP) is 13.4. The molecule has 0 spiro atoms. The first-order valence-electron chi connectivity index (χ1n) is 17.0. The average Bonchev–Trinajstić information content (AvgIpc) is 3.53. The van der Waals surface area contributed by atoms with E-state index < -0.39 is 0 Å². The van der Waals surface area contributed by atoms with Gasteiger partial charge in [0, 0.05) is 21.8 Å². The van der Waals surface area contributed by atoms with Gasteiger partial charge >= 0.3 is 0 Å². The molecule has 0 unspecified atom stereocenters. The fourth-order valence-corrected chi connectivity index (χ4v) is 8.62. The molecule has 0 aliphatic carbocycles. The monoisotopic (exact) mass is 619 g/mol. The van der Waals surface area contributed by atoms with Crippen LogP contribution in [0.1, 0.15) is 0 Å². The standard InChI is InChI=1S/C48H29N/c1-4-14-35-30(11-1)24-28-44-46(35)42-27-23-31-12-2-6-16-37(31)48(42)49(44)34-25-21-32(22-26-34)45-36-15-5-3-13-33(36)29-43-40-19-8-7-17-38(40)39-18-9-10-20-41(39)47(43)45/h1-29H. The summed E-state index contributed by atoms with van der Waals surface area (Å²) in [6.07, 6.45) is 0. The lowest BCUT2D eigenvalue weighted by molar-refractivity contribution is 1.19. The van der Waals surface area contributed by atoms with Gasteiger partial charge in [0.15, 0.2) is 0 Å². The van der Waals surface area contributed by atoms with Gasteiger partial charge in [-0.3, -0.25) is 0 Å². The van der Waals surface area contributed by atoms with Crippen LogP contribution in [0.2, 0.25) is 0 Å². The summed E-state index contributed by atoms with van der Waals surface area (Å²) in [4.78, 5) is 0. The SMILES string of the molecule is c1ccc2c(-c3ccc(-n4c5ccc6ccccc6c5c5ccc6ccccc6c54)cc3)c3c4ccccc4c4ccccc4c3cc2c1. The Hall–Kier alpha value is -6.44. The molecule has 226 valence electrons. The molecule has 1 heterocycles. The third-order valence-electron chi connectivity index (χ3n) is 10.7. The van der Waals surface area contributed by atoms with Gasteiger partial charge in [0.05, 0.1) is 11.0 Å². The van der Waals surface area contributed by atoms with Crippen LogP contribution in [0.4, 0.5) is 0 Å². The van der Waals surface area contributed by atoms with Gasteiger partial charge in [0.25, 0.3) is 0 Å². The third kappa shape index (κ3) is 3.70. The Morgan fingerprint density at radius 3 is 1.57 bits per heavy atom. The van der Waals surface area contributed by atoms with Crippen LogP contribution in [0.5, 0.6) is 0 Å². The lowest BCUT2D eigenvalue weighted by atomic mass is 9.86. The second-order valence-electron chi connectivity index (χ2n) is 13.2. The first-order valence-corrected chi connectivity index (χ1v) is 17.0. The van der Waals surface area contributed by atoms with Crippen LogP contribution in [0.25, 0.3) is 103 Å². The van der Waals surface area contributed by atoms with Gasteiger partial charge < -0.3 is 4.57 Å². The van der Waals surface area contributed by atoms with Crippen LogP contribution in [0.3, 0.4) is 0 Å². The van der Waals surface area contributed by atoms with E-state index in [4.69, 9.17) is 0 Å². The van der Waals surface area contributed by atoms with Crippen LogP contribution in [-0.2, 0) is 0 Å². The Balaban J connectivity index is 1.24. The van der Waals surface area contributed by atoms with Crippen molar-refractivity contribution in [1.82, 2.24) is 4.57 Å². The number of aromatic nitrogens is 1. The maximum absolute atomic E-state index is 2.48. The van der Waals surface area contributed by atoms with Crippen molar-refractivity contribution in [2.24, 2.45) is 0 Å². The second kappa shape index (κ2) is 10.0. The number of fused-ring (bicyclic) bond motifs is 14. The largest absolute Gasteiger partial charge is 0.309 e. The number of rotatable bonds is 2. The fourth-order valence-electron chi connectivity index (χ4n) is 8.62. The molecule has 0 saturated carbocycles. The zero-order valence-corrected chi connectivity index (χ0v) is 26.7. The molecule has 1 nitrogen and oxygen atoms in total. The molecular formula is C48H29N. The van der Waals surface area contributed by atoms with Crippen LogP contribution < -0.4 is 0 Å². The van der Waals surface area contributed by atoms with Crippen LogP contribution in [-0.4, -0.2) is 4.57 Å². The summed E-state index contributed by atoms with van der Waals surface area (Å²) in [5, 5.41) is 18.0. The van der Waals surface area contributed by atoms with Crippen molar-refractivity contribution < 1.29 is 0 Å². The van der Waals surface area contributed by atoms with Crippen molar-refractivity contribution >= 4 is 86.4 Å². The highest BCUT2D eigenvalue weighted by molar-refractivity contribution is 6.32. The highest BCUT2D eigenvalue weighted by Crippen LogP contribution is 2.45. The maximum atomic E-state index is 2.48. The van der Waals surface area contributed by atoms with E-state index in [0.717, 1.165) is 5.69 Å². The van der Waals surface area contributed by atoms with E-state index in [9.17, 15) is 0 Å². The molecular weight excluding hydrogens is 591 g/mol. The van der Waals surface area contributed by atoms with Gasteiger partial charge in [-0.2, -0.15) is 0 Å². The number of hydrogen-bond acceptors (Lipinski definition) is 0. The smallest absolute Gasteiger partial charge is 0.0619 e.